The standard InChI is InChI=1S/C16H25BrN2O2/c1-11(2)9-18-16(20)12(3)19(4)10-13-8-14(17)6-7-15(13)21-5/h6-8,11-12H,9-10H2,1-5H3,(H,18,20)/t12-/m0/s1. The third-order valence-corrected chi connectivity index (χ3v) is 3.88. The molecule has 1 amide bonds. The first kappa shape index (κ1) is 18.0. The topological polar surface area (TPSA) is 41.6 Å². The molecule has 5 heteroatoms. The van der Waals surface area contributed by atoms with Crippen molar-refractivity contribution < 1.29 is 9.53 Å². The normalized spacial score (nSPS) is 12.6. The predicted molar refractivity (Wildman–Crippen MR) is 89.5 cm³/mol. The van der Waals surface area contributed by atoms with Crippen molar-refractivity contribution >= 4 is 21.8 Å². The molecule has 1 atom stereocenters. The smallest absolute Gasteiger partial charge is 0.237 e. The maximum absolute atomic E-state index is 12.1. The van der Waals surface area contributed by atoms with Gasteiger partial charge in [-0.2, -0.15) is 0 Å². The Morgan fingerprint density at radius 2 is 2.05 bits per heavy atom. The van der Waals surface area contributed by atoms with Crippen LogP contribution in [-0.2, 0) is 11.3 Å². The highest BCUT2D eigenvalue weighted by Crippen LogP contribution is 2.24. The molecule has 4 nitrogen and oxygen atoms in total. The molecule has 1 aromatic rings. The van der Waals surface area contributed by atoms with E-state index in [4.69, 9.17) is 4.74 Å². The second-order valence-corrected chi connectivity index (χ2v) is 6.60. The third-order valence-electron chi connectivity index (χ3n) is 3.39. The van der Waals surface area contributed by atoms with Gasteiger partial charge in [-0.15, -0.1) is 0 Å². The number of amides is 1. The highest BCUT2D eigenvalue weighted by atomic mass is 79.9. The Morgan fingerprint density at radius 3 is 2.62 bits per heavy atom. The van der Waals surface area contributed by atoms with Crippen molar-refractivity contribution in [2.45, 2.75) is 33.4 Å². The summed E-state index contributed by atoms with van der Waals surface area (Å²) in [6.07, 6.45) is 0. The quantitative estimate of drug-likeness (QED) is 0.816. The van der Waals surface area contributed by atoms with Crippen LogP contribution in [0.4, 0.5) is 0 Å². The Labute approximate surface area is 136 Å². The number of hydrogen-bond acceptors (Lipinski definition) is 3. The average Bonchev–Trinajstić information content (AvgIpc) is 2.44. The number of likely N-dealkylation sites (N-methyl/N-ethyl adjacent to an activating group) is 1. The Balaban J connectivity index is 2.69. The van der Waals surface area contributed by atoms with Crippen molar-refractivity contribution in [2.75, 3.05) is 20.7 Å². The van der Waals surface area contributed by atoms with E-state index in [0.29, 0.717) is 19.0 Å². The fraction of sp³-hybridized carbons (Fsp3) is 0.562. The summed E-state index contributed by atoms with van der Waals surface area (Å²) < 4.78 is 6.38. The molecule has 0 bridgehead atoms. The first-order chi connectivity index (χ1) is 9.85. The number of carbonyl (C=O) groups is 1. The zero-order valence-electron chi connectivity index (χ0n) is 13.4. The van der Waals surface area contributed by atoms with E-state index in [1.54, 1.807) is 7.11 Å². The molecule has 0 unspecified atom stereocenters. The molecule has 118 valence electrons. The zero-order chi connectivity index (χ0) is 16.0. The van der Waals surface area contributed by atoms with Gasteiger partial charge in [0.15, 0.2) is 0 Å². The van der Waals surface area contributed by atoms with Crippen LogP contribution in [0, 0.1) is 5.92 Å². The Bertz CT molecular complexity index is 477. The maximum Gasteiger partial charge on any atom is 0.237 e. The highest BCUT2D eigenvalue weighted by Gasteiger charge is 2.19. The Kier molecular flexibility index (Phi) is 7.18. The van der Waals surface area contributed by atoms with Gasteiger partial charge >= 0.3 is 0 Å². The summed E-state index contributed by atoms with van der Waals surface area (Å²) >= 11 is 3.47. The van der Waals surface area contributed by atoms with Crippen LogP contribution >= 0.6 is 15.9 Å². The molecule has 0 spiro atoms. The van der Waals surface area contributed by atoms with Gasteiger partial charge in [-0.1, -0.05) is 29.8 Å². The number of ether oxygens (including phenoxy) is 1. The van der Waals surface area contributed by atoms with Crippen LogP contribution in [-0.4, -0.2) is 37.6 Å². The number of carbonyl (C=O) groups excluding carboxylic acids is 1. The molecule has 21 heavy (non-hydrogen) atoms. The van der Waals surface area contributed by atoms with Crippen molar-refractivity contribution in [1.29, 1.82) is 0 Å². The van der Waals surface area contributed by atoms with Gasteiger partial charge in [0, 0.05) is 23.1 Å². The lowest BCUT2D eigenvalue weighted by molar-refractivity contribution is -0.125. The fourth-order valence-electron chi connectivity index (χ4n) is 1.93. The second-order valence-electron chi connectivity index (χ2n) is 5.69. The van der Waals surface area contributed by atoms with Gasteiger partial charge in [-0.05, 0) is 38.1 Å². The minimum Gasteiger partial charge on any atom is -0.496 e. The number of rotatable bonds is 7. The van der Waals surface area contributed by atoms with Crippen LogP contribution in [0.25, 0.3) is 0 Å². The predicted octanol–water partition coefficient (Wildman–Crippen LogP) is 3.05. The number of hydrogen-bond donors (Lipinski definition) is 1. The molecule has 0 aliphatic heterocycles. The molecular formula is C16H25BrN2O2. The van der Waals surface area contributed by atoms with Crippen LogP contribution in [0.15, 0.2) is 22.7 Å². The van der Waals surface area contributed by atoms with E-state index < -0.39 is 0 Å². The molecule has 0 saturated carbocycles. The molecule has 1 rings (SSSR count). The zero-order valence-corrected chi connectivity index (χ0v) is 15.0. The van der Waals surface area contributed by atoms with E-state index in [-0.39, 0.29) is 11.9 Å². The first-order valence-corrected chi connectivity index (χ1v) is 7.94. The molecule has 1 aromatic carbocycles. The molecule has 0 saturated heterocycles. The lowest BCUT2D eigenvalue weighted by Crippen LogP contribution is -2.43. The molecule has 0 aliphatic carbocycles. The van der Waals surface area contributed by atoms with Gasteiger partial charge in [-0.3, -0.25) is 9.69 Å². The summed E-state index contributed by atoms with van der Waals surface area (Å²) in [6.45, 7) is 7.44. The molecule has 0 aliphatic rings. The van der Waals surface area contributed by atoms with Crippen LogP contribution in [0.3, 0.4) is 0 Å². The summed E-state index contributed by atoms with van der Waals surface area (Å²) in [5.41, 5.74) is 1.05. The van der Waals surface area contributed by atoms with Crippen LogP contribution < -0.4 is 10.1 Å². The van der Waals surface area contributed by atoms with Crippen molar-refractivity contribution in [3.8, 4) is 5.75 Å². The molecule has 0 heterocycles. The van der Waals surface area contributed by atoms with Crippen molar-refractivity contribution in [3.05, 3.63) is 28.2 Å². The first-order valence-electron chi connectivity index (χ1n) is 7.15. The van der Waals surface area contributed by atoms with E-state index in [1.807, 2.05) is 37.1 Å². The van der Waals surface area contributed by atoms with Crippen molar-refractivity contribution in [2.24, 2.45) is 5.92 Å². The van der Waals surface area contributed by atoms with Gasteiger partial charge in [-0.25, -0.2) is 0 Å². The van der Waals surface area contributed by atoms with Crippen LogP contribution in [0.2, 0.25) is 0 Å². The molecule has 0 fully saturated rings. The van der Waals surface area contributed by atoms with Crippen molar-refractivity contribution in [1.82, 2.24) is 10.2 Å². The largest absolute Gasteiger partial charge is 0.496 e. The SMILES string of the molecule is COc1ccc(Br)cc1CN(C)[C@@H](C)C(=O)NCC(C)C. The van der Waals surface area contributed by atoms with E-state index in [2.05, 4.69) is 35.1 Å². The number of nitrogens with zero attached hydrogens (tertiary/aromatic N) is 1. The van der Waals surface area contributed by atoms with Crippen LogP contribution in [0.5, 0.6) is 5.75 Å². The maximum atomic E-state index is 12.1. The van der Waals surface area contributed by atoms with Gasteiger partial charge in [0.1, 0.15) is 5.75 Å². The lowest BCUT2D eigenvalue weighted by Gasteiger charge is -2.25. The third kappa shape index (κ3) is 5.67. The van der Waals surface area contributed by atoms with Crippen LogP contribution in [0.1, 0.15) is 26.3 Å². The van der Waals surface area contributed by atoms with E-state index in [1.165, 1.54) is 0 Å². The highest BCUT2D eigenvalue weighted by molar-refractivity contribution is 9.10. The molecule has 0 aromatic heterocycles. The summed E-state index contributed by atoms with van der Waals surface area (Å²) in [6, 6.07) is 5.71. The van der Waals surface area contributed by atoms with Gasteiger partial charge in [0.25, 0.3) is 0 Å². The molecule has 1 N–H and O–H groups in total. The summed E-state index contributed by atoms with van der Waals surface area (Å²) in [5.74, 6) is 1.34. The number of methoxy groups -OCH3 is 1. The Hall–Kier alpha value is -1.07. The summed E-state index contributed by atoms with van der Waals surface area (Å²) in [5, 5.41) is 2.97. The van der Waals surface area contributed by atoms with Crippen molar-refractivity contribution in [3.63, 3.8) is 0 Å². The fourth-order valence-corrected chi connectivity index (χ4v) is 2.34. The molecule has 0 radical (unpaired) electrons. The Morgan fingerprint density at radius 1 is 1.38 bits per heavy atom. The van der Waals surface area contributed by atoms with Gasteiger partial charge in [0.2, 0.25) is 5.91 Å². The van der Waals surface area contributed by atoms with Gasteiger partial charge in [0.05, 0.1) is 13.2 Å². The van der Waals surface area contributed by atoms with E-state index >= 15 is 0 Å². The van der Waals surface area contributed by atoms with E-state index in [0.717, 1.165) is 15.8 Å². The minimum atomic E-state index is -0.188. The lowest BCUT2D eigenvalue weighted by atomic mass is 10.1. The summed E-state index contributed by atoms with van der Waals surface area (Å²) in [4.78, 5) is 14.1. The van der Waals surface area contributed by atoms with Gasteiger partial charge < -0.3 is 10.1 Å². The minimum absolute atomic E-state index is 0.0557. The monoisotopic (exact) mass is 356 g/mol. The number of halogens is 1. The second kappa shape index (κ2) is 8.39. The van der Waals surface area contributed by atoms with E-state index in [9.17, 15) is 4.79 Å². The number of nitrogens with one attached hydrogen (secondary N) is 1. The summed E-state index contributed by atoms with van der Waals surface area (Å²) in [7, 11) is 3.60. The molecular weight excluding hydrogens is 332 g/mol. The average molecular weight is 357 g/mol. The number of benzene rings is 1.